The van der Waals surface area contributed by atoms with E-state index in [4.69, 9.17) is 9.84 Å². The first-order valence-corrected chi connectivity index (χ1v) is 6.85. The van der Waals surface area contributed by atoms with Crippen molar-refractivity contribution in [3.05, 3.63) is 29.3 Å². The molecule has 0 heterocycles. The highest BCUT2D eigenvalue weighted by Crippen LogP contribution is 2.20. The summed E-state index contributed by atoms with van der Waals surface area (Å²) in [4.78, 5) is 10.8. The van der Waals surface area contributed by atoms with E-state index >= 15 is 0 Å². The Morgan fingerprint density at radius 3 is 2.88 bits per heavy atom. The maximum atomic E-state index is 10.8. The molecule has 1 N–H and O–H groups in total. The molecule has 0 saturated heterocycles. The van der Waals surface area contributed by atoms with Gasteiger partial charge in [-0.25, -0.2) is 4.79 Å². The van der Waals surface area contributed by atoms with E-state index in [2.05, 4.69) is 6.92 Å². The molecule has 0 aliphatic carbocycles. The number of benzene rings is 1. The van der Waals surface area contributed by atoms with Gasteiger partial charge in [-0.3, -0.25) is 0 Å². The SMILES string of the molecule is CCSCCCOc1cc(C(=O)O)ccc1C. The van der Waals surface area contributed by atoms with Crippen LogP contribution in [-0.4, -0.2) is 29.2 Å². The fourth-order valence-electron chi connectivity index (χ4n) is 1.38. The molecule has 0 fully saturated rings. The third kappa shape index (κ3) is 4.69. The molecule has 0 spiro atoms. The third-order valence-corrected chi connectivity index (χ3v) is 3.32. The number of carboxylic acid groups (broad SMARTS) is 1. The lowest BCUT2D eigenvalue weighted by Gasteiger charge is -2.09. The normalized spacial score (nSPS) is 10.2. The van der Waals surface area contributed by atoms with Crippen molar-refractivity contribution < 1.29 is 14.6 Å². The number of carbonyl (C=O) groups is 1. The Morgan fingerprint density at radius 1 is 1.47 bits per heavy atom. The Labute approximate surface area is 106 Å². The molecule has 17 heavy (non-hydrogen) atoms. The van der Waals surface area contributed by atoms with Gasteiger partial charge < -0.3 is 9.84 Å². The molecule has 1 aromatic rings. The first kappa shape index (κ1) is 13.9. The predicted molar refractivity (Wildman–Crippen MR) is 71.2 cm³/mol. The molecule has 0 aromatic heterocycles. The van der Waals surface area contributed by atoms with Crippen LogP contribution < -0.4 is 4.74 Å². The molecule has 0 saturated carbocycles. The molecule has 3 nitrogen and oxygen atoms in total. The minimum atomic E-state index is -0.920. The van der Waals surface area contributed by atoms with Crippen molar-refractivity contribution in [1.82, 2.24) is 0 Å². The molecular weight excluding hydrogens is 236 g/mol. The van der Waals surface area contributed by atoms with Crippen molar-refractivity contribution in [3.63, 3.8) is 0 Å². The minimum absolute atomic E-state index is 0.272. The quantitative estimate of drug-likeness (QED) is 0.759. The number of carboxylic acids is 1. The monoisotopic (exact) mass is 254 g/mol. The van der Waals surface area contributed by atoms with Gasteiger partial charge in [-0.05, 0) is 42.5 Å². The average Bonchev–Trinajstić information content (AvgIpc) is 2.30. The topological polar surface area (TPSA) is 46.5 Å². The molecule has 0 atom stereocenters. The molecular formula is C13H18O3S. The lowest BCUT2D eigenvalue weighted by Crippen LogP contribution is -2.03. The van der Waals surface area contributed by atoms with Crippen molar-refractivity contribution in [3.8, 4) is 5.75 Å². The average molecular weight is 254 g/mol. The van der Waals surface area contributed by atoms with E-state index in [0.29, 0.717) is 12.4 Å². The van der Waals surface area contributed by atoms with Crippen LogP contribution >= 0.6 is 11.8 Å². The van der Waals surface area contributed by atoms with Gasteiger partial charge in [-0.1, -0.05) is 13.0 Å². The van der Waals surface area contributed by atoms with Crippen LogP contribution in [0.15, 0.2) is 18.2 Å². The molecule has 94 valence electrons. The number of rotatable bonds is 7. The van der Waals surface area contributed by atoms with E-state index in [1.807, 2.05) is 18.7 Å². The zero-order valence-corrected chi connectivity index (χ0v) is 11.0. The Bertz CT molecular complexity index is 377. The fourth-order valence-corrected chi connectivity index (χ4v) is 1.99. The molecule has 0 aliphatic rings. The molecule has 1 aromatic carbocycles. The van der Waals surface area contributed by atoms with Gasteiger partial charge in [0.1, 0.15) is 5.75 Å². The maximum absolute atomic E-state index is 10.8. The van der Waals surface area contributed by atoms with Gasteiger partial charge in [0.05, 0.1) is 12.2 Å². The summed E-state index contributed by atoms with van der Waals surface area (Å²) < 4.78 is 5.60. The second-order valence-corrected chi connectivity index (χ2v) is 5.08. The van der Waals surface area contributed by atoms with Gasteiger partial charge in [0, 0.05) is 0 Å². The molecule has 1 rings (SSSR count). The van der Waals surface area contributed by atoms with Gasteiger partial charge in [-0.15, -0.1) is 0 Å². The summed E-state index contributed by atoms with van der Waals surface area (Å²) in [5, 5.41) is 8.88. The largest absolute Gasteiger partial charge is 0.493 e. The smallest absolute Gasteiger partial charge is 0.335 e. The summed E-state index contributed by atoms with van der Waals surface area (Å²) in [7, 11) is 0. The highest BCUT2D eigenvalue weighted by atomic mass is 32.2. The van der Waals surface area contributed by atoms with Crippen LogP contribution in [0.4, 0.5) is 0 Å². The van der Waals surface area contributed by atoms with Crippen LogP contribution in [-0.2, 0) is 0 Å². The Hall–Kier alpha value is -1.16. The van der Waals surface area contributed by atoms with Crippen LogP contribution in [0.5, 0.6) is 5.75 Å². The third-order valence-electron chi connectivity index (χ3n) is 2.33. The maximum Gasteiger partial charge on any atom is 0.335 e. The van der Waals surface area contributed by atoms with E-state index in [1.54, 1.807) is 18.2 Å². The molecule has 0 bridgehead atoms. The first-order valence-electron chi connectivity index (χ1n) is 5.69. The number of hydrogen-bond acceptors (Lipinski definition) is 3. The minimum Gasteiger partial charge on any atom is -0.493 e. The molecule has 4 heteroatoms. The number of hydrogen-bond donors (Lipinski definition) is 1. The Balaban J connectivity index is 2.51. The Morgan fingerprint density at radius 2 is 2.24 bits per heavy atom. The summed E-state index contributed by atoms with van der Waals surface area (Å²) in [6, 6.07) is 4.96. The second kappa shape index (κ2) is 7.22. The number of aryl methyl sites for hydroxylation is 1. The van der Waals surface area contributed by atoms with Gasteiger partial charge >= 0.3 is 5.97 Å². The zero-order valence-electron chi connectivity index (χ0n) is 10.2. The Kier molecular flexibility index (Phi) is 5.91. The highest BCUT2D eigenvalue weighted by Gasteiger charge is 2.06. The predicted octanol–water partition coefficient (Wildman–Crippen LogP) is 3.22. The summed E-state index contributed by atoms with van der Waals surface area (Å²) in [5.74, 6) is 1.95. The van der Waals surface area contributed by atoms with Crippen molar-refractivity contribution in [1.29, 1.82) is 0 Å². The summed E-state index contributed by atoms with van der Waals surface area (Å²) in [5.41, 5.74) is 1.24. The lowest BCUT2D eigenvalue weighted by molar-refractivity contribution is 0.0696. The van der Waals surface area contributed by atoms with Gasteiger partial charge in [0.2, 0.25) is 0 Å². The van der Waals surface area contributed by atoms with Crippen molar-refractivity contribution >= 4 is 17.7 Å². The van der Waals surface area contributed by atoms with Crippen molar-refractivity contribution in [2.75, 3.05) is 18.1 Å². The number of ether oxygens (including phenoxy) is 1. The van der Waals surface area contributed by atoms with Crippen LogP contribution in [0.1, 0.15) is 29.3 Å². The van der Waals surface area contributed by atoms with E-state index < -0.39 is 5.97 Å². The molecule has 0 radical (unpaired) electrons. The van der Waals surface area contributed by atoms with Gasteiger partial charge in [0.15, 0.2) is 0 Å². The van der Waals surface area contributed by atoms with Crippen LogP contribution in [0, 0.1) is 6.92 Å². The van der Waals surface area contributed by atoms with E-state index in [-0.39, 0.29) is 5.56 Å². The van der Waals surface area contributed by atoms with E-state index in [1.165, 1.54) is 0 Å². The highest BCUT2D eigenvalue weighted by molar-refractivity contribution is 7.99. The van der Waals surface area contributed by atoms with Crippen LogP contribution in [0.2, 0.25) is 0 Å². The van der Waals surface area contributed by atoms with Gasteiger partial charge in [-0.2, -0.15) is 11.8 Å². The lowest BCUT2D eigenvalue weighted by atomic mass is 10.1. The summed E-state index contributed by atoms with van der Waals surface area (Å²) >= 11 is 1.88. The number of aromatic carboxylic acids is 1. The van der Waals surface area contributed by atoms with E-state index in [9.17, 15) is 4.79 Å². The van der Waals surface area contributed by atoms with E-state index in [0.717, 1.165) is 23.5 Å². The second-order valence-electron chi connectivity index (χ2n) is 3.68. The molecule has 0 amide bonds. The molecule has 0 unspecified atom stereocenters. The summed E-state index contributed by atoms with van der Waals surface area (Å²) in [6.07, 6.45) is 0.981. The van der Waals surface area contributed by atoms with Crippen LogP contribution in [0.25, 0.3) is 0 Å². The van der Waals surface area contributed by atoms with Gasteiger partial charge in [0.25, 0.3) is 0 Å². The summed E-state index contributed by atoms with van der Waals surface area (Å²) in [6.45, 7) is 4.69. The van der Waals surface area contributed by atoms with Crippen LogP contribution in [0.3, 0.4) is 0 Å². The van der Waals surface area contributed by atoms with Crippen molar-refractivity contribution in [2.45, 2.75) is 20.3 Å². The molecule has 0 aliphatic heterocycles. The standard InChI is InChI=1S/C13H18O3S/c1-3-17-8-4-7-16-12-9-11(13(14)15)6-5-10(12)2/h5-6,9H,3-4,7-8H2,1-2H3,(H,14,15). The zero-order chi connectivity index (χ0) is 12.7. The number of thioether (sulfide) groups is 1. The first-order chi connectivity index (χ1) is 8.15. The fraction of sp³-hybridized carbons (Fsp3) is 0.462. The van der Waals surface area contributed by atoms with Crippen molar-refractivity contribution in [2.24, 2.45) is 0 Å².